The summed E-state index contributed by atoms with van der Waals surface area (Å²) >= 11 is 0. The predicted octanol–water partition coefficient (Wildman–Crippen LogP) is 1.81. The number of aliphatic hydroxyl groups is 1. The lowest BCUT2D eigenvalue weighted by Gasteiger charge is -2.09. The monoisotopic (exact) mass is 253 g/mol. The third-order valence-electron chi connectivity index (χ3n) is 3.37. The fourth-order valence-electron chi connectivity index (χ4n) is 2.38. The van der Waals surface area contributed by atoms with Crippen LogP contribution in [0.5, 0.6) is 0 Å². The summed E-state index contributed by atoms with van der Waals surface area (Å²) in [6.07, 6.45) is 6.13. The molecule has 5 heteroatoms. The zero-order chi connectivity index (χ0) is 12.9. The van der Waals surface area contributed by atoms with E-state index < -0.39 is 12.0 Å². The molecule has 1 N–H and O–H groups in total. The SMILES string of the molecule is OC1(n2ccc3ccccc32)OC1c1cnccn1. The Kier molecular flexibility index (Phi) is 2.04. The van der Waals surface area contributed by atoms with Crippen LogP contribution in [0, 0.1) is 0 Å². The van der Waals surface area contributed by atoms with Crippen LogP contribution < -0.4 is 0 Å². The summed E-state index contributed by atoms with van der Waals surface area (Å²) in [5.41, 5.74) is 1.55. The molecule has 0 bridgehead atoms. The van der Waals surface area contributed by atoms with Crippen LogP contribution in [0.15, 0.2) is 55.1 Å². The first-order valence-electron chi connectivity index (χ1n) is 6.02. The minimum absolute atomic E-state index is 0.475. The van der Waals surface area contributed by atoms with Crippen LogP contribution in [-0.4, -0.2) is 19.6 Å². The number of rotatable bonds is 2. The summed E-state index contributed by atoms with van der Waals surface area (Å²) in [5, 5.41) is 11.6. The van der Waals surface area contributed by atoms with Gasteiger partial charge in [0.1, 0.15) is 0 Å². The Morgan fingerprint density at radius 3 is 2.95 bits per heavy atom. The van der Waals surface area contributed by atoms with E-state index in [2.05, 4.69) is 9.97 Å². The molecule has 0 saturated carbocycles. The Labute approximate surface area is 109 Å². The smallest absolute Gasteiger partial charge is 0.288 e. The Hall–Kier alpha value is -2.24. The van der Waals surface area contributed by atoms with Crippen LogP contribution in [0.1, 0.15) is 11.8 Å². The van der Waals surface area contributed by atoms with Crippen molar-refractivity contribution in [3.05, 3.63) is 60.8 Å². The second kappa shape index (κ2) is 3.63. The van der Waals surface area contributed by atoms with E-state index in [0.717, 1.165) is 10.9 Å². The Balaban J connectivity index is 1.78. The maximum atomic E-state index is 10.6. The molecule has 1 saturated heterocycles. The molecule has 1 fully saturated rings. The van der Waals surface area contributed by atoms with E-state index in [4.69, 9.17) is 4.74 Å². The molecule has 0 aliphatic carbocycles. The maximum absolute atomic E-state index is 10.6. The van der Waals surface area contributed by atoms with Crippen molar-refractivity contribution in [3.8, 4) is 0 Å². The van der Waals surface area contributed by atoms with Crippen molar-refractivity contribution in [2.75, 3.05) is 0 Å². The van der Waals surface area contributed by atoms with Gasteiger partial charge in [-0.05, 0) is 17.5 Å². The zero-order valence-corrected chi connectivity index (χ0v) is 9.97. The average molecular weight is 253 g/mol. The van der Waals surface area contributed by atoms with Gasteiger partial charge in [0.25, 0.3) is 5.91 Å². The van der Waals surface area contributed by atoms with E-state index in [9.17, 15) is 5.11 Å². The minimum Gasteiger partial charge on any atom is -0.346 e. The molecule has 1 aliphatic rings. The van der Waals surface area contributed by atoms with Gasteiger partial charge in [-0.2, -0.15) is 0 Å². The maximum Gasteiger partial charge on any atom is 0.288 e. The molecular weight excluding hydrogens is 242 g/mol. The van der Waals surface area contributed by atoms with Gasteiger partial charge in [0, 0.05) is 18.6 Å². The molecule has 0 spiro atoms. The summed E-state index contributed by atoms with van der Waals surface area (Å²) in [6.45, 7) is 0. The van der Waals surface area contributed by atoms with Gasteiger partial charge < -0.3 is 9.84 Å². The Morgan fingerprint density at radius 2 is 2.11 bits per heavy atom. The standard InChI is InChI=1S/C14H11N3O2/c18-14(13(19-14)11-9-15-6-7-16-11)17-8-5-10-3-1-2-4-12(10)17/h1-9,13,18H. The highest BCUT2D eigenvalue weighted by molar-refractivity contribution is 5.80. The summed E-state index contributed by atoms with van der Waals surface area (Å²) < 4.78 is 7.18. The molecule has 5 nitrogen and oxygen atoms in total. The molecule has 0 amide bonds. The van der Waals surface area contributed by atoms with Crippen molar-refractivity contribution in [1.29, 1.82) is 0 Å². The molecule has 3 aromatic rings. The van der Waals surface area contributed by atoms with Gasteiger partial charge in [0.15, 0.2) is 6.10 Å². The van der Waals surface area contributed by atoms with Crippen LogP contribution in [0.25, 0.3) is 10.9 Å². The van der Waals surface area contributed by atoms with E-state index in [1.54, 1.807) is 23.2 Å². The van der Waals surface area contributed by atoms with Gasteiger partial charge in [-0.15, -0.1) is 0 Å². The molecule has 94 valence electrons. The van der Waals surface area contributed by atoms with Crippen LogP contribution in [-0.2, 0) is 10.6 Å². The molecule has 0 radical (unpaired) electrons. The molecule has 3 heterocycles. The summed E-state index contributed by atoms with van der Waals surface area (Å²) in [6, 6.07) is 9.78. The van der Waals surface area contributed by atoms with E-state index in [0.29, 0.717) is 5.69 Å². The molecule has 1 aromatic carbocycles. The summed E-state index contributed by atoms with van der Waals surface area (Å²) in [7, 11) is 0. The Bertz CT molecular complexity index is 741. The largest absolute Gasteiger partial charge is 0.346 e. The normalized spacial score (nSPS) is 25.6. The fourth-order valence-corrected chi connectivity index (χ4v) is 2.38. The van der Waals surface area contributed by atoms with Gasteiger partial charge in [0.05, 0.1) is 17.4 Å². The van der Waals surface area contributed by atoms with Crippen molar-refractivity contribution in [2.24, 2.45) is 0 Å². The van der Waals surface area contributed by atoms with Crippen LogP contribution in [0.3, 0.4) is 0 Å². The van der Waals surface area contributed by atoms with E-state index in [1.165, 1.54) is 0 Å². The van der Waals surface area contributed by atoms with Gasteiger partial charge in [-0.1, -0.05) is 18.2 Å². The van der Waals surface area contributed by atoms with Crippen molar-refractivity contribution >= 4 is 10.9 Å². The topological polar surface area (TPSA) is 63.5 Å². The third kappa shape index (κ3) is 1.49. The number of hydrogen-bond donors (Lipinski definition) is 1. The molecule has 2 unspecified atom stereocenters. The second-order valence-corrected chi connectivity index (χ2v) is 4.53. The molecule has 1 aliphatic heterocycles. The van der Waals surface area contributed by atoms with Crippen molar-refractivity contribution < 1.29 is 9.84 Å². The molecule has 2 atom stereocenters. The van der Waals surface area contributed by atoms with E-state index >= 15 is 0 Å². The lowest BCUT2D eigenvalue weighted by molar-refractivity contribution is -0.0311. The zero-order valence-electron chi connectivity index (χ0n) is 9.97. The fraction of sp³-hybridized carbons (Fsp3) is 0.143. The number of ether oxygens (including phenoxy) is 1. The van der Waals surface area contributed by atoms with Crippen molar-refractivity contribution in [1.82, 2.24) is 14.5 Å². The van der Waals surface area contributed by atoms with Crippen LogP contribution in [0.4, 0.5) is 0 Å². The highest BCUT2D eigenvalue weighted by Gasteiger charge is 2.60. The summed E-state index contributed by atoms with van der Waals surface area (Å²) in [4.78, 5) is 8.16. The van der Waals surface area contributed by atoms with Gasteiger partial charge in [-0.25, -0.2) is 0 Å². The van der Waals surface area contributed by atoms with Crippen molar-refractivity contribution in [3.63, 3.8) is 0 Å². The van der Waals surface area contributed by atoms with Crippen molar-refractivity contribution in [2.45, 2.75) is 12.0 Å². The van der Waals surface area contributed by atoms with Gasteiger partial charge in [0.2, 0.25) is 0 Å². The first-order valence-corrected chi connectivity index (χ1v) is 6.02. The third-order valence-corrected chi connectivity index (χ3v) is 3.37. The minimum atomic E-state index is -1.36. The highest BCUT2D eigenvalue weighted by Crippen LogP contribution is 2.51. The molecular formula is C14H11N3O2. The van der Waals surface area contributed by atoms with Gasteiger partial charge in [-0.3, -0.25) is 14.5 Å². The molecule has 2 aromatic heterocycles. The number of aromatic nitrogens is 3. The van der Waals surface area contributed by atoms with Crippen LogP contribution in [0.2, 0.25) is 0 Å². The number of epoxide rings is 1. The second-order valence-electron chi connectivity index (χ2n) is 4.53. The molecule has 4 rings (SSSR count). The first-order chi connectivity index (χ1) is 9.29. The lowest BCUT2D eigenvalue weighted by Crippen LogP contribution is -2.18. The first kappa shape index (κ1) is 10.7. The number of fused-ring (bicyclic) bond motifs is 1. The predicted molar refractivity (Wildman–Crippen MR) is 68.0 cm³/mol. The number of benzene rings is 1. The molecule has 19 heavy (non-hydrogen) atoms. The lowest BCUT2D eigenvalue weighted by atomic mass is 10.2. The Morgan fingerprint density at radius 1 is 1.21 bits per heavy atom. The highest BCUT2D eigenvalue weighted by atomic mass is 16.8. The van der Waals surface area contributed by atoms with E-state index in [-0.39, 0.29) is 0 Å². The number of nitrogens with zero attached hydrogens (tertiary/aromatic N) is 3. The number of hydrogen-bond acceptors (Lipinski definition) is 4. The quantitative estimate of drug-likeness (QED) is 0.707. The average Bonchev–Trinajstić information content (AvgIpc) is 2.97. The van der Waals surface area contributed by atoms with Gasteiger partial charge >= 0.3 is 0 Å². The van der Waals surface area contributed by atoms with Crippen LogP contribution >= 0.6 is 0 Å². The number of para-hydroxylation sites is 1. The van der Waals surface area contributed by atoms with E-state index in [1.807, 2.05) is 36.5 Å². The summed E-state index contributed by atoms with van der Waals surface area (Å²) in [5.74, 6) is -1.36.